The first-order valence-corrected chi connectivity index (χ1v) is 11.4. The van der Waals surface area contributed by atoms with Gasteiger partial charge in [0.15, 0.2) is 5.78 Å². The molecule has 2 heterocycles. The van der Waals surface area contributed by atoms with Crippen LogP contribution >= 0.6 is 22.9 Å². The number of halogens is 1. The van der Waals surface area contributed by atoms with Gasteiger partial charge >= 0.3 is 0 Å². The predicted molar refractivity (Wildman–Crippen MR) is 129 cm³/mol. The van der Waals surface area contributed by atoms with E-state index in [1.807, 2.05) is 24.4 Å². The van der Waals surface area contributed by atoms with E-state index in [2.05, 4.69) is 10.3 Å². The van der Waals surface area contributed by atoms with Gasteiger partial charge in [-0.15, -0.1) is 11.3 Å². The number of ketones is 1. The number of Topliss-reactive ketones (excluding diaryl/α,β-unsaturated/α-hetero) is 1. The molecule has 0 atom stereocenters. The zero-order valence-corrected chi connectivity index (χ0v) is 18.9. The molecule has 0 radical (unpaired) electrons. The Labute approximate surface area is 193 Å². The maximum Gasteiger partial charge on any atom is 0.263 e. The Kier molecular flexibility index (Phi) is 6.48. The molecule has 0 aliphatic rings. The first kappa shape index (κ1) is 21.9. The number of carbonyl (C=O) groups excluding carboxylic acids is 2. The number of rotatable bonds is 7. The van der Waals surface area contributed by atoms with Gasteiger partial charge in [-0.3, -0.25) is 19.0 Å². The fraction of sp³-hybridized carbons (Fsp3) is 0.167. The third kappa shape index (κ3) is 4.64. The van der Waals surface area contributed by atoms with Crippen LogP contribution in [0.4, 0.5) is 5.69 Å². The Morgan fingerprint density at radius 1 is 1.09 bits per heavy atom. The fourth-order valence-electron chi connectivity index (χ4n) is 3.36. The van der Waals surface area contributed by atoms with Gasteiger partial charge in [0.1, 0.15) is 4.83 Å². The molecule has 2 aromatic heterocycles. The van der Waals surface area contributed by atoms with E-state index >= 15 is 0 Å². The van der Waals surface area contributed by atoms with Crippen molar-refractivity contribution in [3.63, 3.8) is 0 Å². The van der Waals surface area contributed by atoms with Crippen LogP contribution in [0, 0.1) is 0 Å². The maximum absolute atomic E-state index is 13.2. The Morgan fingerprint density at radius 2 is 1.81 bits per heavy atom. The number of carbonyl (C=O) groups is 2. The second-order valence-corrected chi connectivity index (χ2v) is 8.61. The molecular formula is C24H20ClN3O3S. The molecule has 0 bridgehead atoms. The average Bonchev–Trinajstić information content (AvgIpc) is 3.22. The van der Waals surface area contributed by atoms with Crippen LogP contribution in [0.2, 0.25) is 5.02 Å². The molecule has 4 rings (SSSR count). The zero-order valence-electron chi connectivity index (χ0n) is 17.3. The van der Waals surface area contributed by atoms with Crippen molar-refractivity contribution >= 4 is 50.5 Å². The largest absolute Gasteiger partial charge is 0.326 e. The van der Waals surface area contributed by atoms with Gasteiger partial charge < -0.3 is 5.32 Å². The van der Waals surface area contributed by atoms with Crippen molar-refractivity contribution < 1.29 is 9.59 Å². The molecule has 0 unspecified atom stereocenters. The van der Waals surface area contributed by atoms with Crippen LogP contribution in [0.15, 0.2) is 65.0 Å². The summed E-state index contributed by atoms with van der Waals surface area (Å²) < 4.78 is 1.33. The van der Waals surface area contributed by atoms with Gasteiger partial charge in [0, 0.05) is 33.6 Å². The Morgan fingerprint density at radius 3 is 2.50 bits per heavy atom. The molecule has 1 N–H and O–H groups in total. The van der Waals surface area contributed by atoms with Crippen molar-refractivity contribution in [3.8, 4) is 11.1 Å². The van der Waals surface area contributed by atoms with E-state index in [4.69, 9.17) is 11.6 Å². The number of aromatic nitrogens is 2. The van der Waals surface area contributed by atoms with Crippen LogP contribution in [-0.4, -0.2) is 21.2 Å². The third-order valence-corrected chi connectivity index (χ3v) is 6.14. The molecule has 1 amide bonds. The number of hydrogen-bond acceptors (Lipinski definition) is 5. The molecule has 0 fully saturated rings. The van der Waals surface area contributed by atoms with E-state index in [-0.39, 0.29) is 23.8 Å². The van der Waals surface area contributed by atoms with E-state index in [1.165, 1.54) is 22.2 Å². The molecule has 0 saturated carbocycles. The van der Waals surface area contributed by atoms with Crippen molar-refractivity contribution in [2.45, 2.75) is 26.3 Å². The minimum Gasteiger partial charge on any atom is -0.326 e. The summed E-state index contributed by atoms with van der Waals surface area (Å²) in [6.07, 6.45) is 2.61. The first-order valence-electron chi connectivity index (χ1n) is 10.1. The van der Waals surface area contributed by atoms with Gasteiger partial charge in [-0.2, -0.15) is 0 Å². The van der Waals surface area contributed by atoms with E-state index in [1.54, 1.807) is 36.4 Å². The second kappa shape index (κ2) is 9.46. The van der Waals surface area contributed by atoms with E-state index in [0.717, 1.165) is 17.5 Å². The summed E-state index contributed by atoms with van der Waals surface area (Å²) in [6.45, 7) is 1.81. The van der Waals surface area contributed by atoms with Crippen LogP contribution < -0.4 is 10.9 Å². The lowest BCUT2D eigenvalue weighted by Crippen LogP contribution is -2.24. The summed E-state index contributed by atoms with van der Waals surface area (Å²) in [4.78, 5) is 42.6. The second-order valence-electron chi connectivity index (χ2n) is 7.31. The van der Waals surface area contributed by atoms with Gasteiger partial charge in [-0.05, 0) is 48.4 Å². The number of benzene rings is 2. The Bertz CT molecular complexity index is 1340. The number of amides is 1. The summed E-state index contributed by atoms with van der Waals surface area (Å²) in [5, 5.41) is 5.78. The van der Waals surface area contributed by atoms with Crippen molar-refractivity contribution in [3.05, 3.63) is 81.2 Å². The standard InChI is InChI=1S/C24H20ClN3O3S/c1-2-3-21(30)27-18-10-6-16(7-11-18)20(29)12-28-14-26-23-22(24(28)31)19(13-32-23)15-4-8-17(25)9-5-15/h4-11,13-14H,2-3,12H2,1H3,(H,27,30). The van der Waals surface area contributed by atoms with Crippen LogP contribution in [0.25, 0.3) is 21.3 Å². The highest BCUT2D eigenvalue weighted by Crippen LogP contribution is 2.31. The normalized spacial score (nSPS) is 10.9. The first-order chi connectivity index (χ1) is 15.5. The quantitative estimate of drug-likeness (QED) is 0.370. The van der Waals surface area contributed by atoms with Crippen molar-refractivity contribution in [2.24, 2.45) is 0 Å². The lowest BCUT2D eigenvalue weighted by atomic mass is 10.1. The minimum absolute atomic E-state index is 0.0650. The van der Waals surface area contributed by atoms with Crippen LogP contribution in [0.3, 0.4) is 0 Å². The summed E-state index contributed by atoms with van der Waals surface area (Å²) in [5.74, 6) is -0.285. The maximum atomic E-state index is 13.2. The topological polar surface area (TPSA) is 81.1 Å². The Hall–Kier alpha value is -3.29. The summed E-state index contributed by atoms with van der Waals surface area (Å²) >= 11 is 7.36. The predicted octanol–water partition coefficient (Wildman–Crippen LogP) is 5.40. The molecule has 0 saturated heterocycles. The highest BCUT2D eigenvalue weighted by Gasteiger charge is 2.15. The van der Waals surface area contributed by atoms with E-state index in [9.17, 15) is 14.4 Å². The third-order valence-electron chi connectivity index (χ3n) is 5.00. The van der Waals surface area contributed by atoms with Crippen molar-refractivity contribution in [1.29, 1.82) is 0 Å². The Balaban J connectivity index is 1.58. The molecule has 0 aliphatic carbocycles. The van der Waals surface area contributed by atoms with Crippen LogP contribution in [-0.2, 0) is 11.3 Å². The van der Waals surface area contributed by atoms with Crippen molar-refractivity contribution in [2.75, 3.05) is 5.32 Å². The number of hydrogen-bond donors (Lipinski definition) is 1. The van der Waals surface area contributed by atoms with Crippen molar-refractivity contribution in [1.82, 2.24) is 9.55 Å². The van der Waals surface area contributed by atoms with Crippen LogP contribution in [0.1, 0.15) is 30.1 Å². The SMILES string of the molecule is CCCC(=O)Nc1ccc(C(=O)Cn2cnc3scc(-c4ccc(Cl)cc4)c3c2=O)cc1. The molecule has 2 aromatic carbocycles. The summed E-state index contributed by atoms with van der Waals surface area (Å²) in [7, 11) is 0. The monoisotopic (exact) mass is 465 g/mol. The molecule has 6 nitrogen and oxygen atoms in total. The molecular weight excluding hydrogens is 446 g/mol. The zero-order chi connectivity index (χ0) is 22.7. The van der Waals surface area contributed by atoms with E-state index in [0.29, 0.717) is 32.9 Å². The summed E-state index contributed by atoms with van der Waals surface area (Å²) in [6, 6.07) is 13.9. The molecule has 162 valence electrons. The molecule has 0 aliphatic heterocycles. The smallest absolute Gasteiger partial charge is 0.263 e. The van der Waals surface area contributed by atoms with Crippen LogP contribution in [0.5, 0.6) is 0 Å². The number of anilines is 1. The highest BCUT2D eigenvalue weighted by molar-refractivity contribution is 7.17. The van der Waals surface area contributed by atoms with Gasteiger partial charge in [0.05, 0.1) is 18.3 Å². The highest BCUT2D eigenvalue weighted by atomic mass is 35.5. The number of thiophene rings is 1. The lowest BCUT2D eigenvalue weighted by molar-refractivity contribution is -0.116. The van der Waals surface area contributed by atoms with E-state index < -0.39 is 0 Å². The lowest BCUT2D eigenvalue weighted by Gasteiger charge is -2.08. The minimum atomic E-state index is -0.266. The average molecular weight is 466 g/mol. The number of fused-ring (bicyclic) bond motifs is 1. The van der Waals surface area contributed by atoms with Gasteiger partial charge in [0.25, 0.3) is 5.56 Å². The van der Waals surface area contributed by atoms with Gasteiger partial charge in [0.2, 0.25) is 5.91 Å². The molecule has 4 aromatic rings. The van der Waals surface area contributed by atoms with Gasteiger partial charge in [-0.1, -0.05) is 30.7 Å². The number of nitrogens with zero attached hydrogens (tertiary/aromatic N) is 2. The fourth-order valence-corrected chi connectivity index (χ4v) is 4.39. The number of nitrogens with one attached hydrogen (secondary N) is 1. The van der Waals surface area contributed by atoms with Gasteiger partial charge in [-0.25, -0.2) is 4.98 Å². The summed E-state index contributed by atoms with van der Waals surface area (Å²) in [5.41, 5.74) is 2.45. The molecule has 32 heavy (non-hydrogen) atoms. The molecule has 0 spiro atoms. The molecule has 8 heteroatoms.